The molecule has 6 nitrogen and oxygen atoms in total. The number of rotatable bonds is 7. The largest absolute Gasteiger partial charge is 0.494 e. The third-order valence-corrected chi connectivity index (χ3v) is 5.25. The van der Waals surface area contributed by atoms with E-state index >= 15 is 0 Å². The first-order valence-corrected chi connectivity index (χ1v) is 10.4. The van der Waals surface area contributed by atoms with Crippen molar-refractivity contribution in [3.63, 3.8) is 0 Å². The minimum Gasteiger partial charge on any atom is -0.494 e. The topological polar surface area (TPSA) is 74.2 Å². The van der Waals surface area contributed by atoms with E-state index in [0.29, 0.717) is 24.8 Å². The SMILES string of the molecule is CCOc1ccc(NC(=S)N(CCO)CC2C=c3cc(C)cc(C)c3=NC2=O)cc1. The average molecular weight is 426 g/mol. The van der Waals surface area contributed by atoms with E-state index in [4.69, 9.17) is 17.0 Å². The van der Waals surface area contributed by atoms with Crippen molar-refractivity contribution in [2.75, 3.05) is 31.6 Å². The second-order valence-electron chi connectivity index (χ2n) is 7.30. The molecule has 0 spiro atoms. The molecule has 0 bridgehead atoms. The predicted octanol–water partition coefficient (Wildman–Crippen LogP) is 1.95. The highest BCUT2D eigenvalue weighted by Gasteiger charge is 2.23. The van der Waals surface area contributed by atoms with Gasteiger partial charge in [-0.2, -0.15) is 0 Å². The Balaban J connectivity index is 1.76. The number of aryl methyl sites for hydroxylation is 2. The highest BCUT2D eigenvalue weighted by molar-refractivity contribution is 7.80. The third-order valence-electron chi connectivity index (χ3n) is 4.89. The molecule has 158 valence electrons. The molecule has 3 rings (SSSR count). The lowest BCUT2D eigenvalue weighted by Gasteiger charge is -2.28. The van der Waals surface area contributed by atoms with Gasteiger partial charge in [0, 0.05) is 18.8 Å². The van der Waals surface area contributed by atoms with Gasteiger partial charge in [0.05, 0.1) is 24.5 Å². The van der Waals surface area contributed by atoms with E-state index in [-0.39, 0.29) is 12.5 Å². The van der Waals surface area contributed by atoms with Gasteiger partial charge in [-0.05, 0) is 68.0 Å². The number of hydrogen-bond donors (Lipinski definition) is 2. The summed E-state index contributed by atoms with van der Waals surface area (Å²) in [5, 5.41) is 14.8. The molecule has 0 saturated carbocycles. The van der Waals surface area contributed by atoms with Crippen LogP contribution in [0.4, 0.5) is 5.69 Å². The molecule has 1 atom stereocenters. The molecule has 2 aromatic rings. The summed E-state index contributed by atoms with van der Waals surface area (Å²) in [5.41, 5.74) is 2.94. The lowest BCUT2D eigenvalue weighted by molar-refractivity contribution is -0.120. The van der Waals surface area contributed by atoms with Crippen LogP contribution in [0.3, 0.4) is 0 Å². The first kappa shape index (κ1) is 21.9. The van der Waals surface area contributed by atoms with Gasteiger partial charge in [0.2, 0.25) is 0 Å². The zero-order chi connectivity index (χ0) is 21.7. The predicted molar refractivity (Wildman–Crippen MR) is 122 cm³/mol. The van der Waals surface area contributed by atoms with Crippen molar-refractivity contribution in [2.24, 2.45) is 10.9 Å². The number of carbonyl (C=O) groups is 1. The second kappa shape index (κ2) is 9.82. The minimum atomic E-state index is -0.426. The Labute approximate surface area is 181 Å². The number of fused-ring (bicyclic) bond motifs is 1. The minimum absolute atomic E-state index is 0.0715. The average Bonchev–Trinajstić information content (AvgIpc) is 2.70. The van der Waals surface area contributed by atoms with Crippen LogP contribution in [-0.4, -0.2) is 47.3 Å². The Hall–Kier alpha value is -2.77. The first-order chi connectivity index (χ1) is 14.4. The van der Waals surface area contributed by atoms with Crippen molar-refractivity contribution in [3.8, 4) is 5.75 Å². The summed E-state index contributed by atoms with van der Waals surface area (Å²) in [6.45, 7) is 7.13. The second-order valence-corrected chi connectivity index (χ2v) is 7.69. The van der Waals surface area contributed by atoms with Crippen LogP contribution in [-0.2, 0) is 4.79 Å². The Morgan fingerprint density at radius 1 is 1.27 bits per heavy atom. The third kappa shape index (κ3) is 5.23. The molecular formula is C23H27N3O3S. The fourth-order valence-corrected chi connectivity index (χ4v) is 3.81. The maximum Gasteiger partial charge on any atom is 0.254 e. The molecule has 1 amide bonds. The summed E-state index contributed by atoms with van der Waals surface area (Å²) < 4.78 is 5.45. The van der Waals surface area contributed by atoms with Crippen LogP contribution in [0.1, 0.15) is 18.1 Å². The lowest BCUT2D eigenvalue weighted by atomic mass is 10.0. The molecular weight excluding hydrogens is 398 g/mol. The quantitative estimate of drug-likeness (QED) is 0.661. The van der Waals surface area contributed by atoms with Gasteiger partial charge in [-0.3, -0.25) is 4.79 Å². The normalized spacial score (nSPS) is 14.9. The zero-order valence-corrected chi connectivity index (χ0v) is 18.3. The maximum atomic E-state index is 12.6. The van der Waals surface area contributed by atoms with Gasteiger partial charge in [-0.15, -0.1) is 0 Å². The number of anilines is 1. The van der Waals surface area contributed by atoms with E-state index in [2.05, 4.69) is 10.3 Å². The highest BCUT2D eigenvalue weighted by Crippen LogP contribution is 2.17. The molecule has 0 aliphatic carbocycles. The van der Waals surface area contributed by atoms with E-state index in [1.54, 1.807) is 4.90 Å². The van der Waals surface area contributed by atoms with Gasteiger partial charge in [0.1, 0.15) is 5.75 Å². The van der Waals surface area contributed by atoms with Crippen molar-refractivity contribution < 1.29 is 14.6 Å². The van der Waals surface area contributed by atoms with Crippen LogP contribution in [0.5, 0.6) is 5.75 Å². The Kier molecular flexibility index (Phi) is 7.18. The molecule has 0 saturated heterocycles. The molecule has 1 unspecified atom stereocenters. The molecule has 2 aromatic carbocycles. The van der Waals surface area contributed by atoms with Crippen LogP contribution >= 0.6 is 12.2 Å². The van der Waals surface area contributed by atoms with Crippen molar-refractivity contribution in [1.29, 1.82) is 0 Å². The van der Waals surface area contributed by atoms with Gasteiger partial charge >= 0.3 is 0 Å². The molecule has 1 aliphatic rings. The van der Waals surface area contributed by atoms with Crippen molar-refractivity contribution in [1.82, 2.24) is 4.90 Å². The Morgan fingerprint density at radius 2 is 2.00 bits per heavy atom. The summed E-state index contributed by atoms with van der Waals surface area (Å²) >= 11 is 5.55. The van der Waals surface area contributed by atoms with Crippen molar-refractivity contribution in [3.05, 3.63) is 58.1 Å². The fourth-order valence-electron chi connectivity index (χ4n) is 3.52. The Bertz CT molecular complexity index is 1050. The summed E-state index contributed by atoms with van der Waals surface area (Å²) in [4.78, 5) is 18.8. The monoisotopic (exact) mass is 425 g/mol. The zero-order valence-electron chi connectivity index (χ0n) is 17.5. The first-order valence-electron chi connectivity index (χ1n) is 10.0. The molecule has 7 heteroatoms. The van der Waals surface area contributed by atoms with Gasteiger partial charge in [-0.1, -0.05) is 23.8 Å². The summed E-state index contributed by atoms with van der Waals surface area (Å²) in [6.07, 6.45) is 1.95. The number of aliphatic hydroxyl groups excluding tert-OH is 1. The number of nitrogens with one attached hydrogen (secondary N) is 1. The number of aliphatic hydroxyl groups is 1. The molecule has 0 aromatic heterocycles. The van der Waals surface area contributed by atoms with Crippen LogP contribution in [0.2, 0.25) is 0 Å². The van der Waals surface area contributed by atoms with E-state index in [1.165, 1.54) is 0 Å². The highest BCUT2D eigenvalue weighted by atomic mass is 32.1. The number of hydrogen-bond acceptors (Lipinski definition) is 4. The molecule has 1 aliphatic heterocycles. The van der Waals surface area contributed by atoms with Crippen LogP contribution in [0, 0.1) is 19.8 Å². The fraction of sp³-hybridized carbons (Fsp3) is 0.348. The number of amides is 1. The van der Waals surface area contributed by atoms with Gasteiger partial charge < -0.3 is 20.1 Å². The molecule has 2 N–H and O–H groups in total. The number of carbonyl (C=O) groups excluding carboxylic acids is 1. The molecule has 1 heterocycles. The summed E-state index contributed by atoms with van der Waals surface area (Å²) in [7, 11) is 0. The molecule has 0 fully saturated rings. The number of ether oxygens (including phenoxy) is 1. The van der Waals surface area contributed by atoms with E-state index in [0.717, 1.165) is 33.1 Å². The van der Waals surface area contributed by atoms with E-state index < -0.39 is 5.92 Å². The summed E-state index contributed by atoms with van der Waals surface area (Å²) in [5.74, 6) is 0.168. The number of thiocarbonyl (C=S) groups is 1. The van der Waals surface area contributed by atoms with Crippen LogP contribution < -0.4 is 20.6 Å². The van der Waals surface area contributed by atoms with Gasteiger partial charge in [-0.25, -0.2) is 4.99 Å². The number of benzene rings is 2. The van der Waals surface area contributed by atoms with Crippen LogP contribution in [0.25, 0.3) is 6.08 Å². The van der Waals surface area contributed by atoms with Crippen molar-refractivity contribution >= 4 is 35.0 Å². The smallest absolute Gasteiger partial charge is 0.254 e. The van der Waals surface area contributed by atoms with Gasteiger partial charge in [0.25, 0.3) is 5.91 Å². The van der Waals surface area contributed by atoms with Gasteiger partial charge in [0.15, 0.2) is 5.11 Å². The Morgan fingerprint density at radius 3 is 2.67 bits per heavy atom. The number of nitrogens with zero attached hydrogens (tertiary/aromatic N) is 2. The lowest BCUT2D eigenvalue weighted by Crippen LogP contribution is -2.44. The molecule has 30 heavy (non-hydrogen) atoms. The van der Waals surface area contributed by atoms with Crippen LogP contribution in [0.15, 0.2) is 41.4 Å². The van der Waals surface area contributed by atoms with E-state index in [1.807, 2.05) is 63.2 Å². The van der Waals surface area contributed by atoms with Crippen molar-refractivity contribution in [2.45, 2.75) is 20.8 Å². The molecule has 0 radical (unpaired) electrons. The summed E-state index contributed by atoms with van der Waals surface area (Å²) in [6, 6.07) is 11.6. The standard InChI is InChI=1S/C23H27N3O3S/c1-4-29-20-7-5-19(6-8-20)24-23(30)26(9-10-27)14-18-13-17-12-15(2)11-16(3)21(17)25-22(18)28/h5-8,11-13,18,27H,4,9-10,14H2,1-3H3,(H,24,30). The maximum absolute atomic E-state index is 12.6. The van der Waals surface area contributed by atoms with E-state index in [9.17, 15) is 9.90 Å².